The maximum Gasteiger partial charge on any atom is 0.261 e. The molecule has 0 saturated heterocycles. The molecule has 5 rings (SSSR count). The number of anilines is 1. The molecule has 0 fully saturated rings. The Kier molecular flexibility index (Phi) is 5.46. The standard InChI is InChI=1S/C25H19N3O5S/c1-14-21(15-5-8-17(32-2)9-6-15)26-25(34-14)27-22(29)16-7-10-19-20(12-16)24(31)28(23(19)30)13-18-4-3-11-33-18/h3-12H,13H2,1-2H3,(H,26,27,29). The van der Waals surface area contributed by atoms with E-state index in [1.165, 1.54) is 35.8 Å². The molecule has 170 valence electrons. The zero-order valence-corrected chi connectivity index (χ0v) is 19.1. The monoisotopic (exact) mass is 473 g/mol. The first kappa shape index (κ1) is 21.6. The minimum absolute atomic E-state index is 0.0351. The summed E-state index contributed by atoms with van der Waals surface area (Å²) >= 11 is 1.36. The third kappa shape index (κ3) is 3.86. The summed E-state index contributed by atoms with van der Waals surface area (Å²) in [7, 11) is 1.61. The number of nitrogens with one attached hydrogen (secondary N) is 1. The number of benzene rings is 2. The second kappa shape index (κ2) is 8.60. The van der Waals surface area contributed by atoms with Crippen LogP contribution in [0.5, 0.6) is 5.75 Å². The van der Waals surface area contributed by atoms with Crippen molar-refractivity contribution in [2.45, 2.75) is 13.5 Å². The summed E-state index contributed by atoms with van der Waals surface area (Å²) in [6.07, 6.45) is 1.48. The number of fused-ring (bicyclic) bond motifs is 1. The normalized spacial score (nSPS) is 12.7. The van der Waals surface area contributed by atoms with Crippen LogP contribution in [0.4, 0.5) is 5.13 Å². The van der Waals surface area contributed by atoms with Crippen LogP contribution in [0.15, 0.2) is 65.3 Å². The highest BCUT2D eigenvalue weighted by molar-refractivity contribution is 7.16. The van der Waals surface area contributed by atoms with E-state index in [9.17, 15) is 14.4 Å². The molecule has 34 heavy (non-hydrogen) atoms. The zero-order valence-electron chi connectivity index (χ0n) is 18.3. The largest absolute Gasteiger partial charge is 0.497 e. The quantitative estimate of drug-likeness (QED) is 0.405. The van der Waals surface area contributed by atoms with Crippen LogP contribution < -0.4 is 10.1 Å². The lowest BCUT2D eigenvalue weighted by Gasteiger charge is -2.11. The van der Waals surface area contributed by atoms with Crippen molar-refractivity contribution in [2.24, 2.45) is 0 Å². The van der Waals surface area contributed by atoms with Gasteiger partial charge < -0.3 is 9.15 Å². The topological polar surface area (TPSA) is 102 Å². The Morgan fingerprint density at radius 3 is 2.56 bits per heavy atom. The number of carbonyl (C=O) groups is 3. The minimum Gasteiger partial charge on any atom is -0.497 e. The Balaban J connectivity index is 1.34. The van der Waals surface area contributed by atoms with Crippen molar-refractivity contribution in [1.82, 2.24) is 9.88 Å². The molecule has 1 aliphatic rings. The maximum atomic E-state index is 12.9. The van der Waals surface area contributed by atoms with Crippen molar-refractivity contribution < 1.29 is 23.5 Å². The van der Waals surface area contributed by atoms with Crippen molar-refractivity contribution in [1.29, 1.82) is 0 Å². The molecule has 3 heterocycles. The van der Waals surface area contributed by atoms with Gasteiger partial charge in [-0.05, 0) is 61.5 Å². The van der Waals surface area contributed by atoms with Gasteiger partial charge in [-0.3, -0.25) is 24.6 Å². The SMILES string of the molecule is COc1ccc(-c2nc(NC(=O)c3ccc4c(c3)C(=O)N(Cc3ccco3)C4=O)sc2C)cc1. The second-order valence-corrected chi connectivity index (χ2v) is 8.85. The summed E-state index contributed by atoms with van der Waals surface area (Å²) < 4.78 is 10.4. The van der Waals surface area contributed by atoms with Crippen molar-refractivity contribution >= 4 is 34.2 Å². The fourth-order valence-corrected chi connectivity index (χ4v) is 4.60. The molecule has 1 aliphatic heterocycles. The number of hydrogen-bond acceptors (Lipinski definition) is 7. The summed E-state index contributed by atoms with van der Waals surface area (Å²) in [6, 6.07) is 15.4. The summed E-state index contributed by atoms with van der Waals surface area (Å²) in [6.45, 7) is 1.97. The molecule has 0 spiro atoms. The first-order valence-electron chi connectivity index (χ1n) is 10.4. The van der Waals surface area contributed by atoms with E-state index in [2.05, 4.69) is 10.3 Å². The van der Waals surface area contributed by atoms with Gasteiger partial charge in [-0.2, -0.15) is 0 Å². The summed E-state index contributed by atoms with van der Waals surface area (Å²) in [5.41, 5.74) is 2.40. The number of carbonyl (C=O) groups excluding carboxylic acids is 3. The fourth-order valence-electron chi connectivity index (χ4n) is 3.77. The highest BCUT2D eigenvalue weighted by atomic mass is 32.1. The molecule has 1 N–H and O–H groups in total. The zero-order chi connectivity index (χ0) is 23.8. The van der Waals surface area contributed by atoms with E-state index >= 15 is 0 Å². The third-order valence-electron chi connectivity index (χ3n) is 5.51. The molecule has 0 saturated carbocycles. The van der Waals surface area contributed by atoms with E-state index in [1.807, 2.05) is 31.2 Å². The van der Waals surface area contributed by atoms with Gasteiger partial charge in [0, 0.05) is 16.0 Å². The average molecular weight is 474 g/mol. The number of amides is 3. The molecular formula is C25H19N3O5S. The van der Waals surface area contributed by atoms with E-state index in [0.717, 1.165) is 26.8 Å². The number of aryl methyl sites for hydroxylation is 1. The van der Waals surface area contributed by atoms with E-state index in [0.29, 0.717) is 10.9 Å². The number of imide groups is 1. The predicted molar refractivity (Wildman–Crippen MR) is 126 cm³/mol. The minimum atomic E-state index is -0.460. The molecule has 0 unspecified atom stereocenters. The number of furan rings is 1. The van der Waals surface area contributed by atoms with Crippen molar-refractivity contribution in [3.63, 3.8) is 0 Å². The van der Waals surface area contributed by atoms with E-state index in [1.54, 1.807) is 19.2 Å². The Hall–Kier alpha value is -4.24. The van der Waals surface area contributed by atoms with E-state index in [4.69, 9.17) is 9.15 Å². The van der Waals surface area contributed by atoms with Gasteiger partial charge in [0.25, 0.3) is 17.7 Å². The number of rotatable bonds is 6. The number of aromatic nitrogens is 1. The lowest BCUT2D eigenvalue weighted by atomic mass is 10.1. The number of nitrogens with zero attached hydrogens (tertiary/aromatic N) is 2. The van der Waals surface area contributed by atoms with Crippen LogP contribution in [-0.2, 0) is 6.54 Å². The molecule has 0 atom stereocenters. The Morgan fingerprint density at radius 1 is 1.09 bits per heavy atom. The third-order valence-corrected chi connectivity index (χ3v) is 6.39. The molecule has 0 bridgehead atoms. The smallest absolute Gasteiger partial charge is 0.261 e. The fraction of sp³-hybridized carbons (Fsp3) is 0.120. The molecule has 3 amide bonds. The van der Waals surface area contributed by atoms with Crippen LogP contribution in [-0.4, -0.2) is 34.7 Å². The summed E-state index contributed by atoms with van der Waals surface area (Å²) in [5.74, 6) is -0.0414. The van der Waals surface area contributed by atoms with Crippen LogP contribution in [0.25, 0.3) is 11.3 Å². The van der Waals surface area contributed by atoms with Gasteiger partial charge in [0.15, 0.2) is 5.13 Å². The molecule has 4 aromatic rings. The highest BCUT2D eigenvalue weighted by Crippen LogP contribution is 2.32. The van der Waals surface area contributed by atoms with Gasteiger partial charge in [-0.1, -0.05) is 0 Å². The summed E-state index contributed by atoms with van der Waals surface area (Å²) in [4.78, 5) is 45.0. The predicted octanol–water partition coefficient (Wildman–Crippen LogP) is 4.77. The van der Waals surface area contributed by atoms with Crippen LogP contribution in [0.2, 0.25) is 0 Å². The average Bonchev–Trinajstić information content (AvgIpc) is 3.55. The molecule has 2 aromatic heterocycles. The Morgan fingerprint density at radius 2 is 1.85 bits per heavy atom. The van der Waals surface area contributed by atoms with Crippen molar-refractivity contribution in [3.8, 4) is 17.0 Å². The molecule has 0 aliphatic carbocycles. The first-order valence-corrected chi connectivity index (χ1v) is 11.2. The number of methoxy groups -OCH3 is 1. The molecule has 8 nitrogen and oxygen atoms in total. The van der Waals surface area contributed by atoms with Crippen molar-refractivity contribution in [2.75, 3.05) is 12.4 Å². The number of ether oxygens (including phenoxy) is 1. The lowest BCUT2D eigenvalue weighted by Crippen LogP contribution is -2.28. The summed E-state index contributed by atoms with van der Waals surface area (Å²) in [5, 5.41) is 3.24. The van der Waals surface area contributed by atoms with E-state index in [-0.39, 0.29) is 23.2 Å². The van der Waals surface area contributed by atoms with Crippen LogP contribution in [0, 0.1) is 6.92 Å². The van der Waals surface area contributed by atoms with Crippen molar-refractivity contribution in [3.05, 3.63) is 88.2 Å². The maximum absolute atomic E-state index is 12.9. The second-order valence-electron chi connectivity index (χ2n) is 7.64. The van der Waals surface area contributed by atoms with Gasteiger partial charge in [0.05, 0.1) is 36.7 Å². The first-order chi connectivity index (χ1) is 16.4. The lowest BCUT2D eigenvalue weighted by molar-refractivity contribution is 0.0631. The van der Waals surface area contributed by atoms with Crippen LogP contribution in [0.3, 0.4) is 0 Å². The van der Waals surface area contributed by atoms with Gasteiger partial charge in [-0.25, -0.2) is 4.98 Å². The van der Waals surface area contributed by atoms with Crippen LogP contribution in [0.1, 0.15) is 41.7 Å². The van der Waals surface area contributed by atoms with Gasteiger partial charge >= 0.3 is 0 Å². The van der Waals surface area contributed by atoms with Gasteiger partial charge in [0.2, 0.25) is 0 Å². The molecular weight excluding hydrogens is 454 g/mol. The van der Waals surface area contributed by atoms with E-state index < -0.39 is 17.7 Å². The molecule has 0 radical (unpaired) electrons. The molecule has 9 heteroatoms. The Labute approximate surface area is 198 Å². The number of hydrogen-bond donors (Lipinski definition) is 1. The number of thiazole rings is 1. The van der Waals surface area contributed by atoms with Gasteiger partial charge in [0.1, 0.15) is 11.5 Å². The molecule has 2 aromatic carbocycles. The Bertz CT molecular complexity index is 1410. The highest BCUT2D eigenvalue weighted by Gasteiger charge is 2.36. The van der Waals surface area contributed by atoms with Gasteiger partial charge in [-0.15, -0.1) is 11.3 Å². The van der Waals surface area contributed by atoms with Crippen LogP contribution >= 0.6 is 11.3 Å².